The Hall–Kier alpha value is -0.130. The van der Waals surface area contributed by atoms with E-state index < -0.39 is 0 Å². The lowest BCUT2D eigenvalue weighted by Crippen LogP contribution is -2.41. The normalized spacial score (nSPS) is 23.2. The van der Waals surface area contributed by atoms with Crippen molar-refractivity contribution in [1.82, 2.24) is 4.90 Å². The van der Waals surface area contributed by atoms with Gasteiger partial charge in [0.25, 0.3) is 0 Å². The molecule has 2 unspecified atom stereocenters. The van der Waals surface area contributed by atoms with Gasteiger partial charge < -0.3 is 10.5 Å². The van der Waals surface area contributed by atoms with Crippen LogP contribution in [-0.2, 0) is 4.74 Å². The van der Waals surface area contributed by atoms with E-state index in [1.165, 1.54) is 17.7 Å². The van der Waals surface area contributed by atoms with Crippen LogP contribution in [-0.4, -0.2) is 38.3 Å². The van der Waals surface area contributed by atoms with E-state index >= 15 is 0 Å². The predicted octanol–water partition coefficient (Wildman–Crippen LogP) is 2.76. The summed E-state index contributed by atoms with van der Waals surface area (Å²) in [6.07, 6.45) is 2.48. The van der Waals surface area contributed by atoms with Crippen LogP contribution in [0.1, 0.15) is 23.8 Å². The summed E-state index contributed by atoms with van der Waals surface area (Å²) in [5, 5.41) is 2.80. The Morgan fingerprint density at radius 1 is 1.67 bits per heavy atom. The highest BCUT2D eigenvalue weighted by Crippen LogP contribution is 2.31. The van der Waals surface area contributed by atoms with Crippen LogP contribution in [0.25, 0.3) is 0 Å². The number of nitrogens with zero attached hydrogens (tertiary/aromatic N) is 1. The van der Waals surface area contributed by atoms with E-state index in [4.69, 9.17) is 22.1 Å². The second-order valence-electron chi connectivity index (χ2n) is 4.88. The minimum atomic E-state index is 0.308. The smallest absolute Gasteiger partial charge is 0.0564 e. The summed E-state index contributed by atoms with van der Waals surface area (Å²) in [5.41, 5.74) is 5.95. The molecule has 1 saturated heterocycles. The summed E-state index contributed by atoms with van der Waals surface area (Å²) in [6, 6.07) is 2.35. The Labute approximate surface area is 118 Å². The lowest BCUT2D eigenvalue weighted by Gasteiger charge is -2.37. The van der Waals surface area contributed by atoms with Gasteiger partial charge in [-0.2, -0.15) is 0 Å². The molecular formula is C13H21ClN2OS. The van der Waals surface area contributed by atoms with Crippen molar-refractivity contribution in [3.63, 3.8) is 0 Å². The zero-order chi connectivity index (χ0) is 13.0. The minimum Gasteiger partial charge on any atom is -0.384 e. The van der Waals surface area contributed by atoms with Crippen molar-refractivity contribution in [3.8, 4) is 0 Å². The number of thiophene rings is 1. The van der Waals surface area contributed by atoms with Gasteiger partial charge in [0.15, 0.2) is 0 Å². The molecule has 3 nitrogen and oxygen atoms in total. The molecule has 2 heterocycles. The van der Waals surface area contributed by atoms with E-state index in [0.717, 1.165) is 24.7 Å². The number of nitrogens with two attached hydrogens (primary N) is 1. The molecule has 0 aliphatic carbocycles. The van der Waals surface area contributed by atoms with E-state index in [1.54, 1.807) is 18.4 Å². The summed E-state index contributed by atoms with van der Waals surface area (Å²) in [4.78, 5) is 3.76. The van der Waals surface area contributed by atoms with E-state index in [0.29, 0.717) is 18.5 Å². The molecule has 18 heavy (non-hydrogen) atoms. The van der Waals surface area contributed by atoms with Gasteiger partial charge >= 0.3 is 0 Å². The number of likely N-dealkylation sites (tertiary alicyclic amines) is 1. The summed E-state index contributed by atoms with van der Waals surface area (Å²) in [5.74, 6) is 0.633. The maximum absolute atomic E-state index is 6.01. The van der Waals surface area contributed by atoms with Crippen LogP contribution in [0.3, 0.4) is 0 Å². The van der Waals surface area contributed by atoms with Gasteiger partial charge in [-0.15, -0.1) is 11.3 Å². The van der Waals surface area contributed by atoms with E-state index in [9.17, 15) is 0 Å². The summed E-state index contributed by atoms with van der Waals surface area (Å²) < 4.78 is 5.28. The van der Waals surface area contributed by atoms with Crippen molar-refractivity contribution in [2.75, 3.05) is 33.4 Å². The number of ether oxygens (including phenoxy) is 1. The first kappa shape index (κ1) is 14.3. The largest absolute Gasteiger partial charge is 0.384 e. The third kappa shape index (κ3) is 3.45. The van der Waals surface area contributed by atoms with Crippen molar-refractivity contribution in [3.05, 3.63) is 21.3 Å². The second kappa shape index (κ2) is 6.87. The lowest BCUT2D eigenvalue weighted by atomic mass is 9.97. The first-order valence-electron chi connectivity index (χ1n) is 6.41. The van der Waals surface area contributed by atoms with Crippen LogP contribution in [0.5, 0.6) is 0 Å². The first-order valence-corrected chi connectivity index (χ1v) is 7.67. The highest BCUT2D eigenvalue weighted by molar-refractivity contribution is 7.10. The molecule has 0 amide bonds. The van der Waals surface area contributed by atoms with Gasteiger partial charge in [-0.05, 0) is 31.4 Å². The maximum Gasteiger partial charge on any atom is 0.0564 e. The van der Waals surface area contributed by atoms with Crippen molar-refractivity contribution >= 4 is 22.9 Å². The Balaban J connectivity index is 2.03. The summed E-state index contributed by atoms with van der Waals surface area (Å²) in [7, 11) is 1.78. The molecule has 1 aliphatic heterocycles. The molecule has 0 aromatic carbocycles. The van der Waals surface area contributed by atoms with Crippen LogP contribution in [0.4, 0.5) is 0 Å². The number of hydrogen-bond acceptors (Lipinski definition) is 4. The Morgan fingerprint density at radius 3 is 3.11 bits per heavy atom. The second-order valence-corrected chi connectivity index (χ2v) is 6.26. The van der Waals surface area contributed by atoms with Crippen molar-refractivity contribution in [1.29, 1.82) is 0 Å². The van der Waals surface area contributed by atoms with Gasteiger partial charge in [0.05, 0.1) is 17.7 Å². The molecule has 5 heteroatoms. The van der Waals surface area contributed by atoms with Gasteiger partial charge in [0.2, 0.25) is 0 Å². The molecule has 0 radical (unpaired) electrons. The summed E-state index contributed by atoms with van der Waals surface area (Å²) in [6.45, 7) is 3.69. The number of methoxy groups -OCH3 is 1. The van der Waals surface area contributed by atoms with Crippen LogP contribution < -0.4 is 5.73 Å². The molecule has 2 rings (SSSR count). The molecule has 1 aliphatic rings. The molecule has 1 aromatic heterocycles. The van der Waals surface area contributed by atoms with Crippen LogP contribution in [0.2, 0.25) is 5.02 Å². The third-order valence-electron chi connectivity index (χ3n) is 3.53. The average molecular weight is 289 g/mol. The highest BCUT2D eigenvalue weighted by Gasteiger charge is 2.26. The van der Waals surface area contributed by atoms with Crippen LogP contribution >= 0.6 is 22.9 Å². The van der Waals surface area contributed by atoms with E-state index in [-0.39, 0.29) is 0 Å². The average Bonchev–Trinajstić information content (AvgIpc) is 2.78. The van der Waals surface area contributed by atoms with Crippen LogP contribution in [0.15, 0.2) is 11.4 Å². The Bertz CT molecular complexity index is 370. The van der Waals surface area contributed by atoms with Crippen molar-refractivity contribution < 1.29 is 4.74 Å². The zero-order valence-electron chi connectivity index (χ0n) is 10.8. The van der Waals surface area contributed by atoms with Crippen LogP contribution in [0, 0.1) is 5.92 Å². The Kier molecular flexibility index (Phi) is 5.45. The SMILES string of the molecule is COCC1CCCN(C(CN)c2cc(Cl)cs2)C1. The molecular weight excluding hydrogens is 268 g/mol. The zero-order valence-corrected chi connectivity index (χ0v) is 12.3. The molecule has 0 saturated carbocycles. The number of hydrogen-bond donors (Lipinski definition) is 1. The summed E-state index contributed by atoms with van der Waals surface area (Å²) >= 11 is 7.72. The molecule has 0 bridgehead atoms. The highest BCUT2D eigenvalue weighted by atomic mass is 35.5. The van der Waals surface area contributed by atoms with Gasteiger partial charge in [-0.1, -0.05) is 11.6 Å². The third-order valence-corrected chi connectivity index (χ3v) is 4.91. The van der Waals surface area contributed by atoms with Gasteiger partial charge in [-0.3, -0.25) is 4.90 Å². The van der Waals surface area contributed by atoms with Gasteiger partial charge in [-0.25, -0.2) is 0 Å². The monoisotopic (exact) mass is 288 g/mol. The fraction of sp³-hybridized carbons (Fsp3) is 0.692. The van der Waals surface area contributed by atoms with E-state index in [1.807, 2.05) is 11.4 Å². The molecule has 2 N–H and O–H groups in total. The van der Waals surface area contributed by atoms with Gasteiger partial charge in [0.1, 0.15) is 0 Å². The maximum atomic E-state index is 6.01. The quantitative estimate of drug-likeness (QED) is 0.905. The molecule has 1 fully saturated rings. The van der Waals surface area contributed by atoms with Crippen molar-refractivity contribution in [2.45, 2.75) is 18.9 Å². The van der Waals surface area contributed by atoms with Gasteiger partial charge in [0, 0.05) is 30.5 Å². The predicted molar refractivity (Wildman–Crippen MR) is 77.3 cm³/mol. The topological polar surface area (TPSA) is 38.5 Å². The minimum absolute atomic E-state index is 0.308. The number of rotatable bonds is 5. The fourth-order valence-electron chi connectivity index (χ4n) is 2.70. The fourth-order valence-corrected chi connectivity index (χ4v) is 3.93. The standard InChI is InChI=1S/C13H21ClN2OS/c1-17-8-10-3-2-4-16(7-10)12(6-15)13-5-11(14)9-18-13/h5,9-10,12H,2-4,6-8,15H2,1H3. The Morgan fingerprint density at radius 2 is 2.50 bits per heavy atom. The molecule has 102 valence electrons. The molecule has 1 aromatic rings. The molecule has 2 atom stereocenters. The lowest BCUT2D eigenvalue weighted by molar-refractivity contribution is 0.0705. The number of halogens is 1. The molecule has 0 spiro atoms. The number of piperidine rings is 1. The van der Waals surface area contributed by atoms with E-state index in [2.05, 4.69) is 4.90 Å². The van der Waals surface area contributed by atoms with Crippen molar-refractivity contribution in [2.24, 2.45) is 11.7 Å². The first-order chi connectivity index (χ1) is 8.74.